The summed E-state index contributed by atoms with van der Waals surface area (Å²) in [6.45, 7) is 12.6. The molecule has 0 heterocycles. The molecule has 0 saturated heterocycles. The third-order valence-electron chi connectivity index (χ3n) is 6.16. The number of hydrogen-bond donors (Lipinski definition) is 0. The van der Waals surface area contributed by atoms with Crippen LogP contribution in [0.3, 0.4) is 0 Å². The molecule has 0 bridgehead atoms. The molecular formula is C35H42O10. The SMILES string of the molecule is C=CCOOCCCCOc1ccc(OCOc2ccc(OC(=O)c3ccc(C(=C)OCCOCCOC)cc3)c(C)c2)cc1. The van der Waals surface area contributed by atoms with Crippen molar-refractivity contribution in [3.05, 3.63) is 103 Å². The predicted molar refractivity (Wildman–Crippen MR) is 170 cm³/mol. The van der Waals surface area contributed by atoms with Crippen molar-refractivity contribution in [3.63, 3.8) is 0 Å². The van der Waals surface area contributed by atoms with Gasteiger partial charge in [-0.3, -0.25) is 0 Å². The Morgan fingerprint density at radius 1 is 0.733 bits per heavy atom. The molecule has 0 aliphatic rings. The molecule has 0 amide bonds. The summed E-state index contributed by atoms with van der Waals surface area (Å²) in [4.78, 5) is 22.6. The molecule has 45 heavy (non-hydrogen) atoms. The smallest absolute Gasteiger partial charge is 0.343 e. The summed E-state index contributed by atoms with van der Waals surface area (Å²) in [5.74, 6) is 2.42. The number of ether oxygens (including phenoxy) is 7. The maximum atomic E-state index is 12.7. The molecule has 10 nitrogen and oxygen atoms in total. The van der Waals surface area contributed by atoms with Crippen molar-refractivity contribution in [1.82, 2.24) is 0 Å². The van der Waals surface area contributed by atoms with Crippen molar-refractivity contribution < 1.29 is 47.7 Å². The van der Waals surface area contributed by atoms with Crippen molar-refractivity contribution in [1.29, 1.82) is 0 Å². The molecule has 0 fully saturated rings. The molecule has 0 aliphatic heterocycles. The van der Waals surface area contributed by atoms with Gasteiger partial charge in [-0.05, 0) is 79.9 Å². The number of methoxy groups -OCH3 is 1. The van der Waals surface area contributed by atoms with Crippen LogP contribution >= 0.6 is 0 Å². The summed E-state index contributed by atoms with van der Waals surface area (Å²) in [6.07, 6.45) is 3.30. The van der Waals surface area contributed by atoms with E-state index in [1.54, 1.807) is 55.7 Å². The van der Waals surface area contributed by atoms with Crippen LogP contribution in [0.2, 0.25) is 0 Å². The molecule has 0 spiro atoms. The Kier molecular flexibility index (Phi) is 16.1. The minimum Gasteiger partial charge on any atom is -0.494 e. The highest BCUT2D eigenvalue weighted by molar-refractivity contribution is 5.91. The van der Waals surface area contributed by atoms with Gasteiger partial charge in [-0.25, -0.2) is 14.6 Å². The zero-order valence-corrected chi connectivity index (χ0v) is 26.0. The molecule has 3 aromatic rings. The Morgan fingerprint density at radius 3 is 2.09 bits per heavy atom. The van der Waals surface area contributed by atoms with Gasteiger partial charge in [-0.2, -0.15) is 0 Å². The summed E-state index contributed by atoms with van der Waals surface area (Å²) in [6, 6.07) is 19.4. The molecule has 3 rings (SSSR count). The molecule has 0 saturated carbocycles. The van der Waals surface area contributed by atoms with Crippen molar-refractivity contribution in [2.45, 2.75) is 19.8 Å². The van der Waals surface area contributed by atoms with Crippen LogP contribution in [0, 0.1) is 6.92 Å². The van der Waals surface area contributed by atoms with Crippen LogP contribution < -0.4 is 18.9 Å². The summed E-state index contributed by atoms with van der Waals surface area (Å²) < 4.78 is 38.7. The van der Waals surface area contributed by atoms with Gasteiger partial charge in [0, 0.05) is 12.7 Å². The van der Waals surface area contributed by atoms with Gasteiger partial charge < -0.3 is 33.2 Å². The number of rotatable bonds is 23. The van der Waals surface area contributed by atoms with Gasteiger partial charge in [0.1, 0.15) is 42.0 Å². The number of carbonyl (C=O) groups is 1. The van der Waals surface area contributed by atoms with E-state index in [2.05, 4.69) is 13.2 Å². The van der Waals surface area contributed by atoms with E-state index in [9.17, 15) is 4.79 Å². The number of aryl methyl sites for hydroxylation is 1. The number of hydrogen-bond acceptors (Lipinski definition) is 10. The Labute approximate surface area is 264 Å². The molecule has 242 valence electrons. The lowest BCUT2D eigenvalue weighted by atomic mass is 10.1. The van der Waals surface area contributed by atoms with Crippen LogP contribution in [0.1, 0.15) is 34.3 Å². The third-order valence-corrected chi connectivity index (χ3v) is 6.16. The normalized spacial score (nSPS) is 10.6. The van der Waals surface area contributed by atoms with Crippen molar-refractivity contribution in [2.24, 2.45) is 0 Å². The number of carbonyl (C=O) groups excluding carboxylic acids is 1. The summed E-state index contributed by atoms with van der Waals surface area (Å²) >= 11 is 0. The van der Waals surface area contributed by atoms with Gasteiger partial charge in [0.2, 0.25) is 6.79 Å². The first-order valence-corrected chi connectivity index (χ1v) is 14.7. The second-order valence-electron chi connectivity index (χ2n) is 9.60. The van der Waals surface area contributed by atoms with Gasteiger partial charge in [-0.1, -0.05) is 24.8 Å². The lowest BCUT2D eigenvalue weighted by Crippen LogP contribution is -2.10. The Morgan fingerprint density at radius 2 is 1.38 bits per heavy atom. The second kappa shape index (κ2) is 20.6. The Hall–Kier alpha value is -4.35. The molecule has 0 N–H and O–H groups in total. The van der Waals surface area contributed by atoms with E-state index in [1.807, 2.05) is 31.2 Å². The Balaban J connectivity index is 1.36. The molecular weight excluding hydrogens is 580 g/mol. The topological polar surface area (TPSA) is 100 Å². The highest BCUT2D eigenvalue weighted by Crippen LogP contribution is 2.25. The quantitative estimate of drug-likeness (QED) is 0.0169. The van der Waals surface area contributed by atoms with Gasteiger partial charge >= 0.3 is 5.97 Å². The minimum absolute atomic E-state index is 0.00883. The standard InChI is InChI=1S/C35H42O10/c1-5-18-43-44-20-7-6-19-40-31-12-14-32(15-13-31)41-26-42-33-16-17-34(27(2)25-33)45-35(36)30-10-8-29(9-11-30)28(3)39-24-23-38-22-21-37-4/h5,8-17,25H,1,3,6-7,18-24,26H2,2,4H3. The van der Waals surface area contributed by atoms with Crippen molar-refractivity contribution in [3.8, 4) is 23.0 Å². The fourth-order valence-corrected chi connectivity index (χ4v) is 3.73. The average Bonchev–Trinajstić information content (AvgIpc) is 3.05. The average molecular weight is 623 g/mol. The fraction of sp³-hybridized carbons (Fsp3) is 0.343. The van der Waals surface area contributed by atoms with E-state index in [4.69, 9.17) is 42.9 Å². The second-order valence-corrected chi connectivity index (χ2v) is 9.60. The first-order chi connectivity index (χ1) is 22.0. The van der Waals surface area contributed by atoms with E-state index in [0.717, 1.165) is 29.7 Å². The summed E-state index contributed by atoms with van der Waals surface area (Å²) in [7, 11) is 1.62. The molecule has 0 radical (unpaired) electrons. The molecule has 0 aliphatic carbocycles. The maximum Gasteiger partial charge on any atom is 0.343 e. The minimum atomic E-state index is -0.477. The molecule has 3 aromatic carbocycles. The van der Waals surface area contributed by atoms with Crippen LogP contribution in [0.5, 0.6) is 23.0 Å². The van der Waals surface area contributed by atoms with Crippen LogP contribution in [-0.2, 0) is 24.0 Å². The number of esters is 1. The van der Waals surface area contributed by atoms with E-state index < -0.39 is 5.97 Å². The number of benzene rings is 3. The van der Waals surface area contributed by atoms with E-state index in [-0.39, 0.29) is 6.79 Å². The number of unbranched alkanes of at least 4 members (excludes halogenated alkanes) is 1. The maximum absolute atomic E-state index is 12.7. The lowest BCUT2D eigenvalue weighted by Gasteiger charge is -2.12. The molecule has 0 atom stereocenters. The predicted octanol–water partition coefficient (Wildman–Crippen LogP) is 6.57. The van der Waals surface area contributed by atoms with Gasteiger partial charge in [0.25, 0.3) is 0 Å². The van der Waals surface area contributed by atoms with E-state index in [1.165, 1.54) is 0 Å². The monoisotopic (exact) mass is 622 g/mol. The fourth-order valence-electron chi connectivity index (χ4n) is 3.73. The third kappa shape index (κ3) is 13.4. The van der Waals surface area contributed by atoms with Crippen LogP contribution in [0.25, 0.3) is 5.76 Å². The van der Waals surface area contributed by atoms with Crippen molar-refractivity contribution >= 4 is 11.7 Å². The first-order valence-electron chi connectivity index (χ1n) is 14.7. The molecule has 10 heteroatoms. The van der Waals surface area contributed by atoms with Gasteiger partial charge in [0.15, 0.2) is 0 Å². The van der Waals surface area contributed by atoms with E-state index >= 15 is 0 Å². The Bertz CT molecular complexity index is 1310. The largest absolute Gasteiger partial charge is 0.494 e. The molecule has 0 unspecified atom stereocenters. The zero-order valence-electron chi connectivity index (χ0n) is 26.0. The van der Waals surface area contributed by atoms with Crippen LogP contribution in [0.15, 0.2) is 86.0 Å². The summed E-state index contributed by atoms with van der Waals surface area (Å²) in [5, 5.41) is 0. The highest BCUT2D eigenvalue weighted by Gasteiger charge is 2.12. The zero-order chi connectivity index (χ0) is 32.1. The van der Waals surface area contributed by atoms with Gasteiger partial charge in [0.05, 0.1) is 38.6 Å². The highest BCUT2D eigenvalue weighted by atomic mass is 17.2. The van der Waals surface area contributed by atoms with E-state index in [0.29, 0.717) is 74.8 Å². The lowest BCUT2D eigenvalue weighted by molar-refractivity contribution is -0.286. The van der Waals surface area contributed by atoms with Crippen LogP contribution in [0.4, 0.5) is 0 Å². The summed E-state index contributed by atoms with van der Waals surface area (Å²) in [5.41, 5.74) is 1.90. The van der Waals surface area contributed by atoms with Crippen LogP contribution in [-0.4, -0.2) is 66.1 Å². The molecule has 0 aromatic heterocycles. The van der Waals surface area contributed by atoms with Crippen molar-refractivity contribution in [2.75, 3.05) is 60.2 Å². The van der Waals surface area contributed by atoms with Gasteiger partial charge in [-0.15, -0.1) is 6.58 Å². The first kappa shape index (κ1) is 35.1.